The lowest BCUT2D eigenvalue weighted by molar-refractivity contribution is -0.163. The van der Waals surface area contributed by atoms with E-state index in [0.29, 0.717) is 12.5 Å². The van der Waals surface area contributed by atoms with Crippen molar-refractivity contribution in [3.63, 3.8) is 0 Å². The molecular weight excluding hydrogens is 396 g/mol. The maximum Gasteiger partial charge on any atom is 0.319 e. The number of H-pyrrole nitrogens is 1. The van der Waals surface area contributed by atoms with Gasteiger partial charge in [0.2, 0.25) is 0 Å². The van der Waals surface area contributed by atoms with Gasteiger partial charge in [0.05, 0.1) is 20.8 Å². The number of piperidine rings is 2. The number of benzene rings is 1. The predicted octanol–water partition coefficient (Wildman–Crippen LogP) is 2.81. The lowest BCUT2D eigenvalue weighted by Crippen LogP contribution is -2.67. The Morgan fingerprint density at radius 3 is 2.87 bits per heavy atom. The Bertz CT molecular complexity index is 1030. The summed E-state index contributed by atoms with van der Waals surface area (Å²) >= 11 is 0. The first-order valence-electron chi connectivity index (χ1n) is 11.1. The van der Waals surface area contributed by atoms with Gasteiger partial charge in [-0.05, 0) is 61.3 Å². The SMILES string of the molecule is COC(=O)C12C[C@H]3CC(CCOC(C)=O)C1N(CCc1c2[nH]c2ccc(OC)cc12)C3. The summed E-state index contributed by atoms with van der Waals surface area (Å²) < 4.78 is 16.2. The minimum Gasteiger partial charge on any atom is -0.497 e. The zero-order chi connectivity index (χ0) is 21.8. The Hall–Kier alpha value is -2.54. The third kappa shape index (κ3) is 3.04. The van der Waals surface area contributed by atoms with Crippen LogP contribution in [0.1, 0.15) is 37.4 Å². The van der Waals surface area contributed by atoms with E-state index in [-0.39, 0.29) is 23.9 Å². The van der Waals surface area contributed by atoms with Gasteiger partial charge in [-0.2, -0.15) is 0 Å². The van der Waals surface area contributed by atoms with Crippen molar-refractivity contribution in [2.75, 3.05) is 33.9 Å². The second-order valence-electron chi connectivity index (χ2n) is 9.24. The molecule has 1 aromatic carbocycles. The molecule has 7 heteroatoms. The quantitative estimate of drug-likeness (QED) is 0.741. The molecule has 0 radical (unpaired) electrons. The molecule has 4 heterocycles. The summed E-state index contributed by atoms with van der Waals surface area (Å²) in [5, 5.41) is 1.12. The first-order chi connectivity index (χ1) is 15.0. The molecule has 0 amide bonds. The molecule has 1 aliphatic carbocycles. The Balaban J connectivity index is 1.64. The van der Waals surface area contributed by atoms with Crippen molar-refractivity contribution in [3.8, 4) is 5.75 Å². The van der Waals surface area contributed by atoms with Gasteiger partial charge in [0.1, 0.15) is 11.2 Å². The third-order valence-electron chi connectivity index (χ3n) is 7.64. The van der Waals surface area contributed by atoms with Gasteiger partial charge in [-0.25, -0.2) is 0 Å². The number of methoxy groups -OCH3 is 2. The number of esters is 2. The van der Waals surface area contributed by atoms with Gasteiger partial charge in [0.25, 0.3) is 0 Å². The lowest BCUT2D eigenvalue weighted by Gasteiger charge is -2.57. The molecule has 166 valence electrons. The molecule has 5 atom stereocenters. The van der Waals surface area contributed by atoms with Gasteiger partial charge in [-0.3, -0.25) is 14.5 Å². The smallest absolute Gasteiger partial charge is 0.319 e. The third-order valence-corrected chi connectivity index (χ3v) is 7.64. The van der Waals surface area contributed by atoms with Gasteiger partial charge in [-0.1, -0.05) is 0 Å². The van der Waals surface area contributed by atoms with Crippen LogP contribution in [-0.4, -0.2) is 61.8 Å². The van der Waals surface area contributed by atoms with Crippen LogP contribution >= 0.6 is 0 Å². The highest BCUT2D eigenvalue weighted by atomic mass is 16.5. The second kappa shape index (κ2) is 7.55. The summed E-state index contributed by atoms with van der Waals surface area (Å²) in [6.07, 6.45) is 3.49. The first kappa shape index (κ1) is 20.4. The van der Waals surface area contributed by atoms with E-state index in [1.54, 1.807) is 7.11 Å². The summed E-state index contributed by atoms with van der Waals surface area (Å²) in [5.41, 5.74) is 2.51. The molecule has 4 unspecified atom stereocenters. The molecule has 2 saturated heterocycles. The van der Waals surface area contributed by atoms with Gasteiger partial charge < -0.3 is 19.2 Å². The molecule has 31 heavy (non-hydrogen) atoms. The Kier molecular flexibility index (Phi) is 4.96. The molecule has 2 aromatic rings. The normalized spacial score (nSPS) is 31.1. The van der Waals surface area contributed by atoms with Crippen molar-refractivity contribution >= 4 is 22.8 Å². The molecule has 1 saturated carbocycles. The summed E-state index contributed by atoms with van der Waals surface area (Å²) in [5.74, 6) is 1.09. The van der Waals surface area contributed by atoms with Crippen LogP contribution in [0.5, 0.6) is 5.75 Å². The van der Waals surface area contributed by atoms with Crippen molar-refractivity contribution in [1.82, 2.24) is 9.88 Å². The maximum atomic E-state index is 13.6. The minimum absolute atomic E-state index is 0.0386. The average Bonchev–Trinajstić information content (AvgIpc) is 3.10. The number of nitrogens with zero attached hydrogens (tertiary/aromatic N) is 1. The highest BCUT2D eigenvalue weighted by molar-refractivity contribution is 5.92. The molecule has 1 N–H and O–H groups in total. The van der Waals surface area contributed by atoms with Crippen molar-refractivity contribution in [3.05, 3.63) is 29.5 Å². The fourth-order valence-electron chi connectivity index (χ4n) is 6.66. The van der Waals surface area contributed by atoms with Gasteiger partial charge in [-0.15, -0.1) is 0 Å². The standard InChI is InChI=1S/C24H30N2O5/c1-14(27)31-9-7-16-10-15-12-24(23(28)30-3)21-18(6-8-26(13-15)22(16)24)19-11-17(29-2)4-5-20(19)25-21/h4-5,11,15-16,22,25H,6-10,12-13H2,1-3H3/t15-,16?,22?,24?/m1/s1. The Morgan fingerprint density at radius 2 is 2.13 bits per heavy atom. The van der Waals surface area contributed by atoms with E-state index in [9.17, 15) is 9.59 Å². The van der Waals surface area contributed by atoms with Crippen molar-refractivity contribution in [1.29, 1.82) is 0 Å². The zero-order valence-corrected chi connectivity index (χ0v) is 18.4. The molecule has 3 aliphatic heterocycles. The summed E-state index contributed by atoms with van der Waals surface area (Å²) in [4.78, 5) is 31.0. The monoisotopic (exact) mass is 426 g/mol. The number of hydrogen-bond acceptors (Lipinski definition) is 6. The first-order valence-corrected chi connectivity index (χ1v) is 11.1. The maximum absolute atomic E-state index is 13.6. The molecule has 1 aromatic heterocycles. The number of rotatable bonds is 5. The number of carbonyl (C=O) groups excluding carboxylic acids is 2. The highest BCUT2D eigenvalue weighted by Crippen LogP contribution is 2.55. The number of nitrogens with one attached hydrogen (secondary N) is 1. The minimum atomic E-state index is -0.727. The average molecular weight is 427 g/mol. The summed E-state index contributed by atoms with van der Waals surface area (Å²) in [7, 11) is 3.17. The van der Waals surface area contributed by atoms with E-state index in [2.05, 4.69) is 16.0 Å². The number of carbonyl (C=O) groups is 2. The van der Waals surface area contributed by atoms with E-state index in [4.69, 9.17) is 14.2 Å². The molecular formula is C24H30N2O5. The van der Waals surface area contributed by atoms with Crippen LogP contribution in [0, 0.1) is 11.8 Å². The van der Waals surface area contributed by atoms with Crippen LogP contribution < -0.4 is 4.74 Å². The number of ether oxygens (including phenoxy) is 3. The Labute approximate surface area is 182 Å². The van der Waals surface area contributed by atoms with E-state index in [1.165, 1.54) is 19.6 Å². The number of fused-ring (bicyclic) bond motifs is 4. The van der Waals surface area contributed by atoms with E-state index < -0.39 is 5.41 Å². The Morgan fingerprint density at radius 1 is 1.29 bits per heavy atom. The topological polar surface area (TPSA) is 80.9 Å². The van der Waals surface area contributed by atoms with Gasteiger partial charge >= 0.3 is 11.9 Å². The molecule has 4 aliphatic rings. The fraction of sp³-hybridized carbons (Fsp3) is 0.583. The second-order valence-corrected chi connectivity index (χ2v) is 9.24. The largest absolute Gasteiger partial charge is 0.497 e. The van der Waals surface area contributed by atoms with Crippen molar-refractivity contribution < 1.29 is 23.8 Å². The van der Waals surface area contributed by atoms with Crippen LogP contribution in [-0.2, 0) is 30.9 Å². The van der Waals surface area contributed by atoms with E-state index in [0.717, 1.165) is 61.1 Å². The fourth-order valence-corrected chi connectivity index (χ4v) is 6.66. The molecule has 6 rings (SSSR count). The number of aromatic nitrogens is 1. The molecule has 7 nitrogen and oxygen atoms in total. The van der Waals surface area contributed by atoms with Crippen LogP contribution in [0.2, 0.25) is 0 Å². The van der Waals surface area contributed by atoms with Crippen molar-refractivity contribution in [2.24, 2.45) is 11.8 Å². The molecule has 4 bridgehead atoms. The highest BCUT2D eigenvalue weighted by Gasteiger charge is 2.62. The summed E-state index contributed by atoms with van der Waals surface area (Å²) in [6.45, 7) is 3.75. The van der Waals surface area contributed by atoms with Crippen LogP contribution in [0.3, 0.4) is 0 Å². The molecule has 0 spiro atoms. The van der Waals surface area contributed by atoms with Crippen LogP contribution in [0.25, 0.3) is 10.9 Å². The number of hydrogen-bond donors (Lipinski definition) is 1. The lowest BCUT2D eigenvalue weighted by atomic mass is 9.56. The van der Waals surface area contributed by atoms with E-state index in [1.807, 2.05) is 12.1 Å². The van der Waals surface area contributed by atoms with Gasteiger partial charge in [0, 0.05) is 42.7 Å². The summed E-state index contributed by atoms with van der Waals surface area (Å²) in [6, 6.07) is 6.09. The van der Waals surface area contributed by atoms with Gasteiger partial charge in [0.15, 0.2) is 0 Å². The number of aromatic amines is 1. The van der Waals surface area contributed by atoms with Crippen LogP contribution in [0.4, 0.5) is 0 Å². The van der Waals surface area contributed by atoms with E-state index >= 15 is 0 Å². The van der Waals surface area contributed by atoms with Crippen LogP contribution in [0.15, 0.2) is 18.2 Å². The zero-order valence-electron chi connectivity index (χ0n) is 18.4. The van der Waals surface area contributed by atoms with Crippen molar-refractivity contribution in [2.45, 2.75) is 44.1 Å². The predicted molar refractivity (Wildman–Crippen MR) is 115 cm³/mol. The molecule has 3 fully saturated rings.